The highest BCUT2D eigenvalue weighted by atomic mass is 16.5. The maximum absolute atomic E-state index is 12.3. The van der Waals surface area contributed by atoms with E-state index in [9.17, 15) is 9.59 Å². The topological polar surface area (TPSA) is 91.2 Å². The summed E-state index contributed by atoms with van der Waals surface area (Å²) < 4.78 is 5.21. The predicted molar refractivity (Wildman–Crippen MR) is 88.7 cm³/mol. The maximum Gasteiger partial charge on any atom is 0.408 e. The lowest BCUT2D eigenvalue weighted by atomic mass is 9.83. The second kappa shape index (κ2) is 9.56. The molecule has 1 aliphatic carbocycles. The number of benzene rings is 1. The van der Waals surface area contributed by atoms with Crippen molar-refractivity contribution in [1.29, 1.82) is 5.26 Å². The van der Waals surface area contributed by atoms with Crippen molar-refractivity contribution in [2.24, 2.45) is 5.92 Å². The molecule has 2 amide bonds. The molecular weight excluding hydrogens is 306 g/mol. The molecule has 0 aliphatic heterocycles. The van der Waals surface area contributed by atoms with Crippen LogP contribution in [0.5, 0.6) is 0 Å². The summed E-state index contributed by atoms with van der Waals surface area (Å²) in [7, 11) is 0. The molecule has 2 rings (SSSR count). The molecule has 6 heteroatoms. The summed E-state index contributed by atoms with van der Waals surface area (Å²) in [4.78, 5) is 24.3. The third-order valence-electron chi connectivity index (χ3n) is 4.23. The lowest BCUT2D eigenvalue weighted by Gasteiger charge is -2.29. The number of nitriles is 1. The van der Waals surface area contributed by atoms with Gasteiger partial charge in [-0.3, -0.25) is 4.79 Å². The minimum absolute atomic E-state index is 0.0667. The number of ether oxygens (including phenoxy) is 1. The second-order valence-electron chi connectivity index (χ2n) is 5.96. The van der Waals surface area contributed by atoms with Crippen LogP contribution in [0.25, 0.3) is 0 Å². The summed E-state index contributed by atoms with van der Waals surface area (Å²) in [5.41, 5.74) is 0.885. The zero-order chi connectivity index (χ0) is 17.2. The van der Waals surface area contributed by atoms with E-state index < -0.39 is 12.1 Å². The Labute approximate surface area is 142 Å². The van der Waals surface area contributed by atoms with E-state index in [2.05, 4.69) is 10.6 Å². The molecule has 0 saturated heterocycles. The van der Waals surface area contributed by atoms with E-state index in [1.54, 1.807) is 0 Å². The highest BCUT2D eigenvalue weighted by Gasteiger charge is 2.31. The van der Waals surface area contributed by atoms with Gasteiger partial charge in [0.25, 0.3) is 0 Å². The van der Waals surface area contributed by atoms with Gasteiger partial charge in [0, 0.05) is 0 Å². The number of amides is 2. The molecule has 0 bridgehead atoms. The highest BCUT2D eigenvalue weighted by molar-refractivity contribution is 5.86. The molecule has 1 saturated carbocycles. The minimum Gasteiger partial charge on any atom is -0.445 e. The van der Waals surface area contributed by atoms with Crippen LogP contribution in [0.15, 0.2) is 30.3 Å². The van der Waals surface area contributed by atoms with Gasteiger partial charge in [-0.05, 0) is 24.3 Å². The van der Waals surface area contributed by atoms with Crippen LogP contribution in [0, 0.1) is 17.2 Å². The summed E-state index contributed by atoms with van der Waals surface area (Å²) in [6.07, 6.45) is 4.43. The number of nitrogens with one attached hydrogen (secondary N) is 2. The van der Waals surface area contributed by atoms with E-state index in [0.717, 1.165) is 37.7 Å². The van der Waals surface area contributed by atoms with Gasteiger partial charge in [-0.25, -0.2) is 4.79 Å². The van der Waals surface area contributed by atoms with Crippen molar-refractivity contribution >= 4 is 12.0 Å². The van der Waals surface area contributed by atoms with Crippen molar-refractivity contribution < 1.29 is 14.3 Å². The van der Waals surface area contributed by atoms with Crippen molar-refractivity contribution in [2.45, 2.75) is 44.8 Å². The lowest BCUT2D eigenvalue weighted by Crippen LogP contribution is -2.51. The molecule has 1 aromatic rings. The zero-order valence-electron chi connectivity index (χ0n) is 13.7. The molecule has 0 spiro atoms. The van der Waals surface area contributed by atoms with Crippen LogP contribution >= 0.6 is 0 Å². The van der Waals surface area contributed by atoms with E-state index in [0.29, 0.717) is 0 Å². The predicted octanol–water partition coefficient (Wildman–Crippen LogP) is 2.50. The smallest absolute Gasteiger partial charge is 0.408 e. The number of carbonyl (C=O) groups excluding carboxylic acids is 2. The molecule has 0 aromatic heterocycles. The fourth-order valence-corrected chi connectivity index (χ4v) is 2.99. The Balaban J connectivity index is 1.91. The van der Waals surface area contributed by atoms with Crippen LogP contribution < -0.4 is 10.6 Å². The van der Waals surface area contributed by atoms with Gasteiger partial charge in [-0.2, -0.15) is 5.26 Å². The normalized spacial score (nSPS) is 15.8. The van der Waals surface area contributed by atoms with Gasteiger partial charge in [-0.15, -0.1) is 0 Å². The van der Waals surface area contributed by atoms with Gasteiger partial charge in [0.2, 0.25) is 5.91 Å². The van der Waals surface area contributed by atoms with Crippen molar-refractivity contribution in [3.63, 3.8) is 0 Å². The molecule has 1 atom stereocenters. The van der Waals surface area contributed by atoms with Gasteiger partial charge >= 0.3 is 6.09 Å². The van der Waals surface area contributed by atoms with Gasteiger partial charge in [-0.1, -0.05) is 49.6 Å². The standard InChI is InChI=1S/C18H23N3O3/c19-11-12-20-17(22)16(15-9-5-2-6-10-15)21-18(23)24-13-14-7-3-1-4-8-14/h1,3-4,7-8,15-16H,2,5-6,9-10,12-13H2,(H,20,22)(H,21,23)/t16-/m0/s1. The van der Waals surface area contributed by atoms with E-state index in [4.69, 9.17) is 10.00 Å². The molecule has 1 aliphatic rings. The Morgan fingerprint density at radius 2 is 1.92 bits per heavy atom. The van der Waals surface area contributed by atoms with Crippen LogP contribution in [0.1, 0.15) is 37.7 Å². The SMILES string of the molecule is N#CCNC(=O)[C@@H](NC(=O)OCc1ccccc1)C1CCCCC1. The summed E-state index contributed by atoms with van der Waals surface area (Å²) in [6.45, 7) is 0.0900. The Bertz CT molecular complexity index is 577. The van der Waals surface area contributed by atoms with Crippen molar-refractivity contribution in [1.82, 2.24) is 10.6 Å². The Morgan fingerprint density at radius 1 is 1.21 bits per heavy atom. The van der Waals surface area contributed by atoms with Crippen molar-refractivity contribution in [2.75, 3.05) is 6.54 Å². The van der Waals surface area contributed by atoms with Crippen molar-refractivity contribution in [3.05, 3.63) is 35.9 Å². The monoisotopic (exact) mass is 329 g/mol. The number of carbonyl (C=O) groups is 2. The van der Waals surface area contributed by atoms with E-state index in [1.165, 1.54) is 0 Å². The van der Waals surface area contributed by atoms with Crippen molar-refractivity contribution in [3.8, 4) is 6.07 Å². The quantitative estimate of drug-likeness (QED) is 0.785. The highest BCUT2D eigenvalue weighted by Crippen LogP contribution is 2.26. The molecular formula is C18H23N3O3. The number of rotatable bonds is 6. The molecule has 6 nitrogen and oxygen atoms in total. The summed E-state index contributed by atoms with van der Waals surface area (Å²) >= 11 is 0. The molecule has 1 fully saturated rings. The fraction of sp³-hybridized carbons (Fsp3) is 0.500. The van der Waals surface area contributed by atoms with E-state index in [-0.39, 0.29) is 25.0 Å². The Morgan fingerprint density at radius 3 is 2.58 bits per heavy atom. The number of hydrogen-bond donors (Lipinski definition) is 2. The van der Waals surface area contributed by atoms with Gasteiger partial charge < -0.3 is 15.4 Å². The van der Waals surface area contributed by atoms with E-state index in [1.807, 2.05) is 36.4 Å². The van der Waals surface area contributed by atoms with Gasteiger partial charge in [0.05, 0.1) is 6.07 Å². The van der Waals surface area contributed by atoms with E-state index >= 15 is 0 Å². The first-order valence-corrected chi connectivity index (χ1v) is 8.32. The summed E-state index contributed by atoms with van der Waals surface area (Å²) in [5.74, 6) is -0.234. The first-order chi connectivity index (χ1) is 11.7. The maximum atomic E-state index is 12.3. The molecule has 2 N–H and O–H groups in total. The number of alkyl carbamates (subject to hydrolysis) is 1. The van der Waals surface area contributed by atoms with Crippen LogP contribution in [-0.4, -0.2) is 24.6 Å². The molecule has 128 valence electrons. The molecule has 24 heavy (non-hydrogen) atoms. The first kappa shape index (κ1) is 17.8. The lowest BCUT2D eigenvalue weighted by molar-refractivity contribution is -0.124. The Hall–Kier alpha value is -2.55. The van der Waals surface area contributed by atoms with Crippen LogP contribution in [0.2, 0.25) is 0 Å². The fourth-order valence-electron chi connectivity index (χ4n) is 2.99. The van der Waals surface area contributed by atoms with Gasteiger partial charge in [0.1, 0.15) is 19.2 Å². The number of nitrogens with zero attached hydrogens (tertiary/aromatic N) is 1. The third kappa shape index (κ3) is 5.58. The summed E-state index contributed by atoms with van der Waals surface area (Å²) in [5, 5.41) is 13.8. The zero-order valence-corrected chi connectivity index (χ0v) is 13.7. The van der Waals surface area contributed by atoms with Crippen LogP contribution in [0.4, 0.5) is 4.79 Å². The number of hydrogen-bond acceptors (Lipinski definition) is 4. The molecule has 1 aromatic carbocycles. The van der Waals surface area contributed by atoms with Gasteiger partial charge in [0.15, 0.2) is 0 Å². The average Bonchev–Trinajstić information content (AvgIpc) is 2.64. The molecule has 0 unspecified atom stereocenters. The largest absolute Gasteiger partial charge is 0.445 e. The molecule has 0 radical (unpaired) electrons. The summed E-state index contributed by atoms with van der Waals surface area (Å²) in [6, 6.07) is 10.6. The minimum atomic E-state index is -0.651. The second-order valence-corrected chi connectivity index (χ2v) is 5.96. The molecule has 0 heterocycles. The average molecular weight is 329 g/mol. The van der Waals surface area contributed by atoms with Crippen LogP contribution in [0.3, 0.4) is 0 Å². The Kier molecular flexibility index (Phi) is 7.09. The third-order valence-corrected chi connectivity index (χ3v) is 4.23. The van der Waals surface area contributed by atoms with Crippen LogP contribution in [-0.2, 0) is 16.1 Å². The first-order valence-electron chi connectivity index (χ1n) is 8.32.